The molecule has 1 aliphatic carbocycles. The van der Waals surface area contributed by atoms with Crippen LogP contribution in [0.25, 0.3) is 32.3 Å². The summed E-state index contributed by atoms with van der Waals surface area (Å²) >= 11 is 1.14. The third-order valence-corrected chi connectivity index (χ3v) is 7.84. The van der Waals surface area contributed by atoms with Gasteiger partial charge in [-0.3, -0.25) is 4.79 Å². The number of amides is 1. The molecule has 5 rings (SSSR count). The molecule has 4 unspecified atom stereocenters. The fourth-order valence-corrected chi connectivity index (χ4v) is 6.31. The van der Waals surface area contributed by atoms with E-state index in [0.717, 1.165) is 44.1 Å². The van der Waals surface area contributed by atoms with Gasteiger partial charge in [0.25, 0.3) is 0 Å². The standard InChI is InChI=1S/C25H23NO6S/c1-11(27)26-17(25(31)32)10-33-24-16-9-14-6-5-12-3-2-4-13-7-8-15(19(14)18(12)13)20(16)21(28)22(29)23(24)30/h2-9,17,21-24,28-30H,10H2,1H3,(H,26,27)(H,31,32)/t17-,21?,22?,23?,24?/m0/s1. The van der Waals surface area contributed by atoms with Gasteiger partial charge < -0.3 is 25.7 Å². The first kappa shape index (κ1) is 21.9. The predicted octanol–water partition coefficient (Wildman–Crippen LogP) is 2.72. The zero-order valence-corrected chi connectivity index (χ0v) is 18.5. The Morgan fingerprint density at radius 3 is 2.30 bits per heavy atom. The molecule has 0 saturated carbocycles. The van der Waals surface area contributed by atoms with Crippen LogP contribution >= 0.6 is 11.8 Å². The number of aliphatic carboxylic acids is 1. The molecule has 8 heteroatoms. The van der Waals surface area contributed by atoms with Crippen LogP contribution in [0.3, 0.4) is 0 Å². The molecule has 0 aliphatic heterocycles. The second-order valence-electron chi connectivity index (χ2n) is 8.51. The van der Waals surface area contributed by atoms with Crippen LogP contribution in [0.15, 0.2) is 48.5 Å². The second kappa shape index (κ2) is 8.14. The number of thioether (sulfide) groups is 1. The summed E-state index contributed by atoms with van der Waals surface area (Å²) in [5, 5.41) is 49.6. The Hall–Kier alpha value is -2.91. The summed E-state index contributed by atoms with van der Waals surface area (Å²) in [6.45, 7) is 1.24. The highest BCUT2D eigenvalue weighted by molar-refractivity contribution is 7.99. The molecule has 7 nitrogen and oxygen atoms in total. The topological polar surface area (TPSA) is 127 Å². The number of carbonyl (C=O) groups excluding carboxylic acids is 1. The lowest BCUT2D eigenvalue weighted by molar-refractivity contribution is -0.140. The number of hydrogen-bond acceptors (Lipinski definition) is 6. The van der Waals surface area contributed by atoms with Crippen molar-refractivity contribution in [2.24, 2.45) is 0 Å². The quantitative estimate of drug-likeness (QED) is 0.287. The lowest BCUT2D eigenvalue weighted by Gasteiger charge is -2.38. The molecular weight excluding hydrogens is 442 g/mol. The third kappa shape index (κ3) is 3.50. The molecule has 33 heavy (non-hydrogen) atoms. The summed E-state index contributed by atoms with van der Waals surface area (Å²) in [7, 11) is 0. The molecule has 0 spiro atoms. The van der Waals surface area contributed by atoms with Gasteiger partial charge >= 0.3 is 5.97 Å². The molecule has 1 aliphatic rings. The molecule has 0 radical (unpaired) electrons. The summed E-state index contributed by atoms with van der Waals surface area (Å²) in [5.41, 5.74) is 1.20. The number of rotatable bonds is 5. The SMILES string of the molecule is CC(=O)N[C@@H](CSC1c2cc3ccc4cccc5ccc(c2C(O)C(O)C1O)c3c45)C(=O)O. The maximum absolute atomic E-state index is 11.6. The summed E-state index contributed by atoms with van der Waals surface area (Å²) < 4.78 is 0. The van der Waals surface area contributed by atoms with Gasteiger partial charge in [0.1, 0.15) is 18.2 Å². The first-order chi connectivity index (χ1) is 15.8. The fourth-order valence-electron chi connectivity index (χ4n) is 4.95. The molecule has 0 fully saturated rings. The van der Waals surface area contributed by atoms with Crippen molar-refractivity contribution in [2.75, 3.05) is 5.75 Å². The van der Waals surface area contributed by atoms with Gasteiger partial charge in [-0.15, -0.1) is 11.8 Å². The molecule has 5 atom stereocenters. The van der Waals surface area contributed by atoms with Crippen LogP contribution < -0.4 is 5.32 Å². The van der Waals surface area contributed by atoms with E-state index in [1.54, 1.807) is 0 Å². The van der Waals surface area contributed by atoms with Crippen molar-refractivity contribution in [1.29, 1.82) is 0 Å². The van der Waals surface area contributed by atoms with Gasteiger partial charge in [-0.05, 0) is 49.5 Å². The zero-order chi connectivity index (χ0) is 23.4. The lowest BCUT2D eigenvalue weighted by Crippen LogP contribution is -2.44. The Labute approximate surface area is 193 Å². The van der Waals surface area contributed by atoms with Crippen molar-refractivity contribution in [3.8, 4) is 0 Å². The normalized spacial score (nSPS) is 23.6. The summed E-state index contributed by atoms with van der Waals surface area (Å²) in [6.07, 6.45) is -4.03. The van der Waals surface area contributed by atoms with E-state index >= 15 is 0 Å². The minimum atomic E-state index is -1.43. The molecular formula is C25H23NO6S. The lowest BCUT2D eigenvalue weighted by atomic mass is 9.79. The number of carboxylic acids is 1. The minimum absolute atomic E-state index is 0.00995. The maximum atomic E-state index is 11.6. The van der Waals surface area contributed by atoms with Crippen molar-refractivity contribution in [2.45, 2.75) is 36.5 Å². The van der Waals surface area contributed by atoms with Gasteiger partial charge in [0.15, 0.2) is 0 Å². The third-order valence-electron chi connectivity index (χ3n) is 6.43. The van der Waals surface area contributed by atoms with E-state index < -0.39 is 41.5 Å². The minimum Gasteiger partial charge on any atom is -0.480 e. The Balaban J connectivity index is 1.67. The molecule has 1 amide bonds. The largest absolute Gasteiger partial charge is 0.480 e. The molecule has 5 N–H and O–H groups in total. The Bertz CT molecular complexity index is 1370. The number of nitrogens with one attached hydrogen (secondary N) is 1. The molecule has 4 aromatic rings. The smallest absolute Gasteiger partial charge is 0.327 e. The van der Waals surface area contributed by atoms with Crippen LogP contribution in [-0.2, 0) is 9.59 Å². The van der Waals surface area contributed by atoms with Gasteiger partial charge in [0, 0.05) is 12.7 Å². The molecule has 0 bridgehead atoms. The van der Waals surface area contributed by atoms with Crippen molar-refractivity contribution < 1.29 is 30.0 Å². The highest BCUT2D eigenvalue weighted by atomic mass is 32.2. The number of hydrogen-bond donors (Lipinski definition) is 5. The van der Waals surface area contributed by atoms with Gasteiger partial charge in [-0.1, -0.05) is 42.5 Å². The number of aliphatic hydroxyl groups is 3. The fraction of sp³-hybridized carbons (Fsp3) is 0.280. The average molecular weight is 466 g/mol. The van der Waals surface area contributed by atoms with E-state index in [0.29, 0.717) is 11.1 Å². The first-order valence-corrected chi connectivity index (χ1v) is 11.7. The van der Waals surface area contributed by atoms with E-state index in [2.05, 4.69) is 5.32 Å². The Morgan fingerprint density at radius 2 is 1.64 bits per heavy atom. The monoisotopic (exact) mass is 465 g/mol. The average Bonchev–Trinajstić information content (AvgIpc) is 2.79. The van der Waals surface area contributed by atoms with E-state index in [1.165, 1.54) is 6.92 Å². The van der Waals surface area contributed by atoms with Crippen molar-refractivity contribution in [3.63, 3.8) is 0 Å². The van der Waals surface area contributed by atoms with Crippen molar-refractivity contribution >= 4 is 56.0 Å². The number of carbonyl (C=O) groups is 2. The number of carboxylic acid groups (broad SMARTS) is 1. The molecule has 4 aromatic carbocycles. The van der Waals surface area contributed by atoms with Crippen molar-refractivity contribution in [1.82, 2.24) is 5.32 Å². The van der Waals surface area contributed by atoms with Crippen LogP contribution in [0.4, 0.5) is 0 Å². The van der Waals surface area contributed by atoms with Gasteiger partial charge in [0.2, 0.25) is 5.91 Å². The highest BCUT2D eigenvalue weighted by Crippen LogP contribution is 2.49. The Morgan fingerprint density at radius 1 is 0.970 bits per heavy atom. The predicted molar refractivity (Wildman–Crippen MR) is 128 cm³/mol. The van der Waals surface area contributed by atoms with E-state index in [4.69, 9.17) is 0 Å². The number of benzene rings is 4. The van der Waals surface area contributed by atoms with Gasteiger partial charge in [-0.2, -0.15) is 0 Å². The van der Waals surface area contributed by atoms with Crippen LogP contribution in [0.2, 0.25) is 0 Å². The van der Waals surface area contributed by atoms with E-state index in [9.17, 15) is 30.0 Å². The van der Waals surface area contributed by atoms with Gasteiger partial charge in [0.05, 0.1) is 11.4 Å². The van der Waals surface area contributed by atoms with Crippen LogP contribution in [0.1, 0.15) is 29.4 Å². The number of fused-ring (bicyclic) bond motifs is 2. The molecule has 0 aromatic heterocycles. The molecule has 0 saturated heterocycles. The van der Waals surface area contributed by atoms with E-state index in [1.807, 2.05) is 48.5 Å². The Kier molecular flexibility index (Phi) is 5.41. The summed E-state index contributed by atoms with van der Waals surface area (Å²) in [6, 6.07) is 14.8. The summed E-state index contributed by atoms with van der Waals surface area (Å²) in [4.78, 5) is 23.0. The zero-order valence-electron chi connectivity index (χ0n) is 17.7. The first-order valence-electron chi connectivity index (χ1n) is 10.6. The molecule has 0 heterocycles. The number of aliphatic hydroxyl groups excluding tert-OH is 3. The van der Waals surface area contributed by atoms with Gasteiger partial charge in [-0.25, -0.2) is 4.79 Å². The second-order valence-corrected chi connectivity index (χ2v) is 9.68. The van der Waals surface area contributed by atoms with E-state index in [-0.39, 0.29) is 5.75 Å². The van der Waals surface area contributed by atoms with Crippen LogP contribution in [0, 0.1) is 0 Å². The van der Waals surface area contributed by atoms with Crippen molar-refractivity contribution in [3.05, 3.63) is 59.7 Å². The van der Waals surface area contributed by atoms with Crippen LogP contribution in [0.5, 0.6) is 0 Å². The summed E-state index contributed by atoms with van der Waals surface area (Å²) in [5.74, 6) is -1.66. The van der Waals surface area contributed by atoms with Crippen LogP contribution in [-0.4, -0.2) is 56.3 Å². The highest BCUT2D eigenvalue weighted by Gasteiger charge is 2.42. The maximum Gasteiger partial charge on any atom is 0.327 e. The molecule has 170 valence electrons.